The topological polar surface area (TPSA) is 0 Å². The first-order chi connectivity index (χ1) is 5.83. The zero-order chi connectivity index (χ0) is 9.66. The van der Waals surface area contributed by atoms with Gasteiger partial charge in [0.05, 0.1) is 0 Å². The van der Waals surface area contributed by atoms with Crippen molar-refractivity contribution in [1.82, 2.24) is 0 Å². The van der Waals surface area contributed by atoms with Crippen molar-refractivity contribution in [1.29, 1.82) is 0 Å². The molecule has 0 aromatic carbocycles. The molecule has 12 heavy (non-hydrogen) atoms. The molecule has 0 spiro atoms. The van der Waals surface area contributed by atoms with E-state index >= 15 is 0 Å². The summed E-state index contributed by atoms with van der Waals surface area (Å²) in [6, 6.07) is 0. The Bertz CT molecular complexity index is 306. The van der Waals surface area contributed by atoms with Gasteiger partial charge in [0.2, 0.25) is 0 Å². The first-order valence-corrected chi connectivity index (χ1v) is 3.50. The highest BCUT2D eigenvalue weighted by atomic mass is 13.5. The van der Waals surface area contributed by atoms with Gasteiger partial charge in [-0.3, -0.25) is 0 Å². The van der Waals surface area contributed by atoms with E-state index in [1.54, 1.807) is 13.8 Å². The monoisotopic (exact) mass is 174 g/mol. The standard InChI is InChI=1S/C8H6.C4H6.9H2/c1-3-5-7-8-6-4-2;1-3-4-2;;;;;;;;;/h1-2H3;1-2H3;9*1H. The minimum Gasteiger partial charge on any atom is -0.107 e. The van der Waals surface area contributed by atoms with Gasteiger partial charge in [-0.2, -0.15) is 0 Å². The highest BCUT2D eigenvalue weighted by Crippen LogP contribution is 1.51. The fraction of sp³-hybridized carbons (Fsp3) is 0.333. The molecule has 0 amide bonds. The maximum atomic E-state index is 2.68. The highest BCUT2D eigenvalue weighted by Gasteiger charge is 1.48. The zero-order valence-corrected chi connectivity index (χ0v) is 8.00. The van der Waals surface area contributed by atoms with Gasteiger partial charge in [-0.1, -0.05) is 11.8 Å². The van der Waals surface area contributed by atoms with Crippen LogP contribution in [-0.4, -0.2) is 0 Å². The van der Waals surface area contributed by atoms with E-state index in [0.717, 1.165) is 0 Å². The van der Waals surface area contributed by atoms with Crippen LogP contribution in [0.5, 0.6) is 0 Å². The molecule has 0 radical (unpaired) electrons. The molecule has 0 fully saturated rings. The van der Waals surface area contributed by atoms with Crippen molar-refractivity contribution in [2.24, 2.45) is 0 Å². The maximum Gasteiger partial charge on any atom is 0 e. The van der Waals surface area contributed by atoms with Gasteiger partial charge in [0.25, 0.3) is 0 Å². The molecule has 0 rings (SSSR count). The van der Waals surface area contributed by atoms with Gasteiger partial charge in [0.1, 0.15) is 0 Å². The van der Waals surface area contributed by atoms with Crippen LogP contribution in [-0.2, 0) is 0 Å². The van der Waals surface area contributed by atoms with Gasteiger partial charge in [-0.25, -0.2) is 0 Å². The summed E-state index contributed by atoms with van der Waals surface area (Å²) in [5, 5.41) is 0. The lowest BCUT2D eigenvalue weighted by atomic mass is 10.5. The summed E-state index contributed by atoms with van der Waals surface area (Å²) in [5.41, 5.74) is 0. The van der Waals surface area contributed by atoms with Crippen molar-refractivity contribution in [3.63, 3.8) is 0 Å². The van der Waals surface area contributed by atoms with Gasteiger partial charge in [0.15, 0.2) is 0 Å². The fourth-order valence-corrected chi connectivity index (χ4v) is 0.188. The quantitative estimate of drug-likeness (QED) is 0.481. The average molecular weight is 174 g/mol. The molecule has 0 saturated heterocycles. The van der Waals surface area contributed by atoms with Crippen LogP contribution in [0.15, 0.2) is 0 Å². The first-order valence-electron chi connectivity index (χ1n) is 3.50. The maximum absolute atomic E-state index is 2.68. The second kappa shape index (κ2) is 16.1. The summed E-state index contributed by atoms with van der Waals surface area (Å²) >= 11 is 0. The molecule has 0 heterocycles. The third-order valence-corrected chi connectivity index (χ3v) is 0.688. The molecule has 0 bridgehead atoms. The molecular weight excluding hydrogens is 144 g/mol. The van der Waals surface area contributed by atoms with E-state index in [0.29, 0.717) is 0 Å². The SMILES string of the molecule is CC#CC.CC#CC#CC#CC.[HH].[HH].[HH].[HH].[HH].[HH].[HH].[HH].[HH]. The molecule has 0 aliphatic carbocycles. The lowest BCUT2D eigenvalue weighted by molar-refractivity contribution is 1.83. The van der Waals surface area contributed by atoms with Crippen LogP contribution in [0.2, 0.25) is 0 Å². The van der Waals surface area contributed by atoms with Crippen LogP contribution in [0, 0.1) is 47.4 Å². The van der Waals surface area contributed by atoms with Crippen LogP contribution >= 0.6 is 0 Å². The van der Waals surface area contributed by atoms with Crippen molar-refractivity contribution >= 4 is 0 Å². The molecule has 0 nitrogen and oxygen atoms in total. The van der Waals surface area contributed by atoms with Gasteiger partial charge in [-0.05, 0) is 51.4 Å². The van der Waals surface area contributed by atoms with Gasteiger partial charge >= 0.3 is 0 Å². The number of hydrogen-bond donors (Lipinski definition) is 0. The van der Waals surface area contributed by atoms with E-state index in [1.807, 2.05) is 13.8 Å². The van der Waals surface area contributed by atoms with Crippen LogP contribution in [0.25, 0.3) is 0 Å². The lowest BCUT2D eigenvalue weighted by Gasteiger charge is -1.52. The highest BCUT2D eigenvalue weighted by molar-refractivity contribution is 5.34. The van der Waals surface area contributed by atoms with E-state index in [9.17, 15) is 0 Å². The first kappa shape index (κ1) is 12.9. The molecule has 0 N–H and O–H groups in total. The van der Waals surface area contributed by atoms with Crippen molar-refractivity contribution < 1.29 is 12.8 Å². The summed E-state index contributed by atoms with van der Waals surface area (Å²) in [4.78, 5) is 0. The predicted molar refractivity (Wildman–Crippen MR) is 72.8 cm³/mol. The smallest absolute Gasteiger partial charge is 0 e. The van der Waals surface area contributed by atoms with E-state index in [2.05, 4.69) is 47.4 Å². The van der Waals surface area contributed by atoms with Crippen molar-refractivity contribution in [3.05, 3.63) is 0 Å². The Morgan fingerprint density at radius 1 is 0.500 bits per heavy atom. The van der Waals surface area contributed by atoms with Crippen LogP contribution < -0.4 is 0 Å². The minimum absolute atomic E-state index is 0. The molecule has 0 atom stereocenters. The Morgan fingerprint density at radius 3 is 1.00 bits per heavy atom. The van der Waals surface area contributed by atoms with Crippen LogP contribution in [0.4, 0.5) is 0 Å². The molecule has 0 aliphatic rings. The van der Waals surface area contributed by atoms with Gasteiger partial charge in [0, 0.05) is 12.8 Å². The summed E-state index contributed by atoms with van der Waals surface area (Å²) in [7, 11) is 0. The average Bonchev–Trinajstić information content (AvgIpc) is 2.13. The van der Waals surface area contributed by atoms with E-state index < -0.39 is 0 Å². The molecule has 0 heteroatoms. The van der Waals surface area contributed by atoms with Crippen molar-refractivity contribution in [3.8, 4) is 47.4 Å². The summed E-state index contributed by atoms with van der Waals surface area (Å²) in [5.74, 6) is 20.9. The van der Waals surface area contributed by atoms with E-state index in [1.165, 1.54) is 0 Å². The third-order valence-electron chi connectivity index (χ3n) is 0.688. The summed E-state index contributed by atoms with van der Waals surface area (Å²) in [6.07, 6.45) is 0. The summed E-state index contributed by atoms with van der Waals surface area (Å²) in [6.45, 7) is 7.13. The summed E-state index contributed by atoms with van der Waals surface area (Å²) < 4.78 is 0. The second-order valence-electron chi connectivity index (χ2n) is 1.50. The Morgan fingerprint density at radius 2 is 0.833 bits per heavy atom. The Labute approximate surface area is 89.1 Å². The normalized spacial score (nSPS) is 3.67. The number of rotatable bonds is 0. The molecule has 0 aliphatic heterocycles. The second-order valence-corrected chi connectivity index (χ2v) is 1.50. The molecule has 0 saturated carbocycles. The van der Waals surface area contributed by atoms with E-state index in [4.69, 9.17) is 0 Å². The predicted octanol–water partition coefficient (Wildman–Crippen LogP) is 4.28. The third kappa shape index (κ3) is 24.0. The van der Waals surface area contributed by atoms with Gasteiger partial charge < -0.3 is 0 Å². The number of hydrogen-bond acceptors (Lipinski definition) is 0. The lowest BCUT2D eigenvalue weighted by Crippen LogP contribution is -1.48. The van der Waals surface area contributed by atoms with Crippen molar-refractivity contribution in [2.75, 3.05) is 0 Å². The largest absolute Gasteiger partial charge is 0.107 e. The molecule has 0 unspecified atom stereocenters. The fourth-order valence-electron chi connectivity index (χ4n) is 0.188. The molecule has 0 aromatic heterocycles. The van der Waals surface area contributed by atoms with Crippen LogP contribution in [0.3, 0.4) is 0 Å². The Hall–Kier alpha value is -1.76. The molecule has 0 aromatic rings. The Balaban J connectivity index is -0.00000000794. The zero-order valence-electron chi connectivity index (χ0n) is 8.00. The van der Waals surface area contributed by atoms with Crippen molar-refractivity contribution in [2.45, 2.75) is 27.7 Å². The minimum atomic E-state index is 0. The van der Waals surface area contributed by atoms with Gasteiger partial charge in [-0.15, -0.1) is 11.8 Å². The molecular formula is C12H30. The van der Waals surface area contributed by atoms with E-state index in [-0.39, 0.29) is 12.8 Å². The van der Waals surface area contributed by atoms with Crippen LogP contribution in [0.1, 0.15) is 40.5 Å². The Kier molecular flexibility index (Phi) is 17.3. The molecule has 78 valence electrons.